The predicted octanol–water partition coefficient (Wildman–Crippen LogP) is 3.19. The Labute approximate surface area is 136 Å². The van der Waals surface area contributed by atoms with E-state index in [-0.39, 0.29) is 28.8 Å². The highest BCUT2D eigenvalue weighted by Gasteiger charge is 2.18. The highest BCUT2D eigenvalue weighted by Crippen LogP contribution is 2.25. The number of hydrogen-bond acceptors (Lipinski definition) is 7. The number of esters is 1. The van der Waals surface area contributed by atoms with Crippen molar-refractivity contribution < 1.29 is 19.0 Å². The van der Waals surface area contributed by atoms with Gasteiger partial charge in [-0.05, 0) is 18.1 Å². The van der Waals surface area contributed by atoms with Gasteiger partial charge in [-0.1, -0.05) is 30.6 Å². The number of carbonyl (C=O) groups is 1. The molecule has 0 unspecified atom stereocenters. The summed E-state index contributed by atoms with van der Waals surface area (Å²) < 4.78 is 9.97. The first kappa shape index (κ1) is 16.9. The van der Waals surface area contributed by atoms with Crippen molar-refractivity contribution in [2.24, 2.45) is 5.92 Å². The van der Waals surface area contributed by atoms with Gasteiger partial charge in [0.15, 0.2) is 12.4 Å². The van der Waals surface area contributed by atoms with Crippen LogP contribution in [0.2, 0.25) is 5.02 Å². The van der Waals surface area contributed by atoms with Crippen LogP contribution in [0.15, 0.2) is 22.7 Å². The maximum Gasteiger partial charge on any atom is 0.338 e. The zero-order valence-corrected chi connectivity index (χ0v) is 13.2. The lowest BCUT2D eigenvalue weighted by molar-refractivity contribution is -0.384. The van der Waals surface area contributed by atoms with Crippen LogP contribution in [0, 0.1) is 16.0 Å². The number of rotatable bonds is 6. The average Bonchev–Trinajstić information content (AvgIpc) is 2.91. The molecule has 0 fully saturated rings. The van der Waals surface area contributed by atoms with Gasteiger partial charge in [0, 0.05) is 12.5 Å². The van der Waals surface area contributed by atoms with E-state index in [1.807, 2.05) is 13.8 Å². The van der Waals surface area contributed by atoms with E-state index in [1.165, 1.54) is 12.1 Å². The van der Waals surface area contributed by atoms with Crippen LogP contribution in [0.1, 0.15) is 35.9 Å². The molecule has 2 rings (SSSR count). The van der Waals surface area contributed by atoms with Crippen molar-refractivity contribution in [1.29, 1.82) is 0 Å². The van der Waals surface area contributed by atoms with E-state index >= 15 is 0 Å². The third kappa shape index (κ3) is 4.49. The molecule has 0 N–H and O–H groups in total. The molecule has 0 aliphatic heterocycles. The van der Waals surface area contributed by atoms with Crippen LogP contribution in [0.5, 0.6) is 0 Å². The largest absolute Gasteiger partial charge is 0.452 e. The van der Waals surface area contributed by atoms with Gasteiger partial charge in [0.05, 0.1) is 10.5 Å². The second kappa shape index (κ2) is 7.19. The van der Waals surface area contributed by atoms with Crippen LogP contribution in [0.4, 0.5) is 5.69 Å². The normalized spacial score (nSPS) is 10.8. The fourth-order valence-corrected chi connectivity index (χ4v) is 1.97. The quantitative estimate of drug-likeness (QED) is 0.451. The maximum absolute atomic E-state index is 11.9. The number of hydrogen-bond donors (Lipinski definition) is 0. The van der Waals surface area contributed by atoms with Gasteiger partial charge < -0.3 is 9.26 Å². The van der Waals surface area contributed by atoms with Gasteiger partial charge in [0.2, 0.25) is 0 Å². The third-order valence-electron chi connectivity index (χ3n) is 2.81. The molecule has 0 spiro atoms. The van der Waals surface area contributed by atoms with Gasteiger partial charge in [0.1, 0.15) is 5.02 Å². The van der Waals surface area contributed by atoms with Crippen LogP contribution >= 0.6 is 11.6 Å². The smallest absolute Gasteiger partial charge is 0.338 e. The summed E-state index contributed by atoms with van der Waals surface area (Å²) in [6.45, 7) is 3.83. The minimum absolute atomic E-state index is 0.0167. The standard InChI is InChI=1S/C14H14ClN3O5/c1-8(2)5-12-16-13(23-17-12)7-22-14(19)9-3-4-10(15)11(6-9)18(20)21/h3-4,6,8H,5,7H2,1-2H3. The summed E-state index contributed by atoms with van der Waals surface area (Å²) in [4.78, 5) is 26.1. The van der Waals surface area contributed by atoms with E-state index in [2.05, 4.69) is 10.1 Å². The minimum atomic E-state index is -0.742. The van der Waals surface area contributed by atoms with E-state index in [0.29, 0.717) is 18.2 Å². The SMILES string of the molecule is CC(C)Cc1noc(COC(=O)c2ccc(Cl)c([N+](=O)[O-])c2)n1. The molecule has 1 aromatic carbocycles. The van der Waals surface area contributed by atoms with Crippen molar-refractivity contribution in [2.45, 2.75) is 26.9 Å². The molecule has 0 bridgehead atoms. The molecule has 0 saturated carbocycles. The van der Waals surface area contributed by atoms with E-state index in [0.717, 1.165) is 6.07 Å². The molecule has 0 radical (unpaired) electrons. The molecule has 1 heterocycles. The van der Waals surface area contributed by atoms with Crippen LogP contribution in [0.25, 0.3) is 0 Å². The summed E-state index contributed by atoms with van der Waals surface area (Å²) in [7, 11) is 0. The summed E-state index contributed by atoms with van der Waals surface area (Å²) in [6, 6.07) is 3.67. The molecule has 0 aliphatic carbocycles. The summed E-state index contributed by atoms with van der Waals surface area (Å²) in [6.07, 6.45) is 0.654. The average molecular weight is 340 g/mol. The van der Waals surface area contributed by atoms with Crippen LogP contribution < -0.4 is 0 Å². The van der Waals surface area contributed by atoms with Gasteiger partial charge in [-0.25, -0.2) is 4.79 Å². The summed E-state index contributed by atoms with van der Waals surface area (Å²) in [5, 5.41) is 14.5. The van der Waals surface area contributed by atoms with Crippen molar-refractivity contribution in [3.63, 3.8) is 0 Å². The predicted molar refractivity (Wildman–Crippen MR) is 80.1 cm³/mol. The second-order valence-electron chi connectivity index (χ2n) is 5.20. The zero-order chi connectivity index (χ0) is 17.0. The van der Waals surface area contributed by atoms with Gasteiger partial charge in [0.25, 0.3) is 11.6 Å². The molecule has 122 valence electrons. The molecule has 8 nitrogen and oxygen atoms in total. The lowest BCUT2D eigenvalue weighted by Crippen LogP contribution is -2.06. The Morgan fingerprint density at radius 3 is 2.87 bits per heavy atom. The van der Waals surface area contributed by atoms with Crippen molar-refractivity contribution in [2.75, 3.05) is 0 Å². The molecule has 0 amide bonds. The number of aromatic nitrogens is 2. The molecule has 0 saturated heterocycles. The monoisotopic (exact) mass is 339 g/mol. The second-order valence-corrected chi connectivity index (χ2v) is 5.61. The lowest BCUT2D eigenvalue weighted by atomic mass is 10.1. The molecular formula is C14H14ClN3O5. The highest BCUT2D eigenvalue weighted by atomic mass is 35.5. The van der Waals surface area contributed by atoms with Crippen LogP contribution in [-0.4, -0.2) is 21.0 Å². The van der Waals surface area contributed by atoms with Crippen LogP contribution in [-0.2, 0) is 17.8 Å². The number of carbonyl (C=O) groups excluding carboxylic acids is 1. The Kier molecular flexibility index (Phi) is 5.28. The number of nitro groups is 1. The number of halogens is 1. The third-order valence-corrected chi connectivity index (χ3v) is 3.13. The van der Waals surface area contributed by atoms with E-state index in [1.54, 1.807) is 0 Å². The summed E-state index contributed by atoms with van der Waals surface area (Å²) in [5.41, 5.74) is -0.346. The summed E-state index contributed by atoms with van der Waals surface area (Å²) in [5.74, 6) is 0.330. The van der Waals surface area contributed by atoms with Gasteiger partial charge in [-0.2, -0.15) is 4.98 Å². The van der Waals surface area contributed by atoms with E-state index in [4.69, 9.17) is 20.9 Å². The lowest BCUT2D eigenvalue weighted by Gasteiger charge is -2.02. The Hall–Kier alpha value is -2.48. The molecule has 0 aliphatic rings. The fourth-order valence-electron chi connectivity index (χ4n) is 1.79. The van der Waals surface area contributed by atoms with Gasteiger partial charge in [-0.15, -0.1) is 0 Å². The molecule has 0 atom stereocenters. The number of benzene rings is 1. The molecule has 1 aromatic heterocycles. The number of ether oxygens (including phenoxy) is 1. The Balaban J connectivity index is 2.01. The van der Waals surface area contributed by atoms with E-state index < -0.39 is 10.9 Å². The molecular weight excluding hydrogens is 326 g/mol. The van der Waals surface area contributed by atoms with Crippen molar-refractivity contribution in [1.82, 2.24) is 10.1 Å². The number of nitrogens with zero attached hydrogens (tertiary/aromatic N) is 3. The number of nitro benzene ring substituents is 1. The van der Waals surface area contributed by atoms with Crippen LogP contribution in [0.3, 0.4) is 0 Å². The van der Waals surface area contributed by atoms with Crippen molar-refractivity contribution >= 4 is 23.3 Å². The zero-order valence-electron chi connectivity index (χ0n) is 12.5. The first-order chi connectivity index (χ1) is 10.9. The Morgan fingerprint density at radius 1 is 1.48 bits per heavy atom. The minimum Gasteiger partial charge on any atom is -0.452 e. The first-order valence-electron chi connectivity index (χ1n) is 6.79. The Morgan fingerprint density at radius 2 is 2.22 bits per heavy atom. The Bertz CT molecular complexity index is 729. The van der Waals surface area contributed by atoms with Crippen molar-refractivity contribution in [3.8, 4) is 0 Å². The van der Waals surface area contributed by atoms with Gasteiger partial charge >= 0.3 is 5.97 Å². The fraction of sp³-hybridized carbons (Fsp3) is 0.357. The highest BCUT2D eigenvalue weighted by molar-refractivity contribution is 6.32. The van der Waals surface area contributed by atoms with E-state index in [9.17, 15) is 14.9 Å². The maximum atomic E-state index is 11.9. The molecule has 2 aromatic rings. The topological polar surface area (TPSA) is 108 Å². The van der Waals surface area contributed by atoms with Crippen molar-refractivity contribution in [3.05, 3.63) is 50.6 Å². The van der Waals surface area contributed by atoms with Gasteiger partial charge in [-0.3, -0.25) is 10.1 Å². The summed E-state index contributed by atoms with van der Waals surface area (Å²) >= 11 is 5.69. The first-order valence-corrected chi connectivity index (χ1v) is 7.17. The molecule has 23 heavy (non-hydrogen) atoms. The molecule has 9 heteroatoms.